The van der Waals surface area contributed by atoms with Crippen LogP contribution in [0, 0.1) is 0 Å². The topological polar surface area (TPSA) is 67.8 Å². The van der Waals surface area contributed by atoms with E-state index in [0.29, 0.717) is 30.8 Å². The highest BCUT2D eigenvalue weighted by molar-refractivity contribution is 5.50. The van der Waals surface area contributed by atoms with Crippen molar-refractivity contribution in [3.05, 3.63) is 23.8 Å². The van der Waals surface area contributed by atoms with Gasteiger partial charge in [-0.25, -0.2) is 0 Å². The van der Waals surface area contributed by atoms with Gasteiger partial charge in [-0.3, -0.25) is 0 Å². The Morgan fingerprint density at radius 3 is 2.70 bits per heavy atom. The van der Waals surface area contributed by atoms with Gasteiger partial charge in [0.1, 0.15) is 6.29 Å². The Hall–Kier alpha value is -1.59. The van der Waals surface area contributed by atoms with Gasteiger partial charge in [0.2, 0.25) is 0 Å². The van der Waals surface area contributed by atoms with E-state index in [1.54, 1.807) is 14.2 Å². The molecule has 0 unspecified atom stereocenters. The van der Waals surface area contributed by atoms with Gasteiger partial charge in [-0.15, -0.1) is 0 Å². The molecule has 0 amide bonds. The number of aliphatic hydroxyl groups is 1. The zero-order valence-corrected chi connectivity index (χ0v) is 11.8. The normalized spacial score (nSPS) is 26.1. The third kappa shape index (κ3) is 3.29. The summed E-state index contributed by atoms with van der Waals surface area (Å²) in [5.41, 5.74) is 1.03. The van der Waals surface area contributed by atoms with Crippen LogP contribution >= 0.6 is 0 Å². The molecule has 110 valence electrons. The van der Waals surface area contributed by atoms with Gasteiger partial charge in [-0.05, 0) is 30.5 Å². The summed E-state index contributed by atoms with van der Waals surface area (Å²) in [5.74, 6) is 1.34. The second kappa shape index (κ2) is 6.72. The summed E-state index contributed by atoms with van der Waals surface area (Å²) in [5, 5.41) is 13.4. The van der Waals surface area contributed by atoms with E-state index in [0.717, 1.165) is 11.8 Å². The smallest absolute Gasteiger partial charge is 0.161 e. The summed E-state index contributed by atoms with van der Waals surface area (Å²) in [4.78, 5) is 10.6. The zero-order valence-electron chi connectivity index (χ0n) is 11.8. The second-order valence-corrected chi connectivity index (χ2v) is 5.06. The zero-order chi connectivity index (χ0) is 14.5. The lowest BCUT2D eigenvalue weighted by molar-refractivity contribution is -0.108. The molecule has 0 bridgehead atoms. The van der Waals surface area contributed by atoms with Crippen molar-refractivity contribution in [1.82, 2.24) is 5.32 Å². The van der Waals surface area contributed by atoms with Crippen molar-refractivity contribution >= 4 is 6.29 Å². The molecule has 5 heteroatoms. The first kappa shape index (κ1) is 14.8. The van der Waals surface area contributed by atoms with E-state index in [1.807, 2.05) is 18.2 Å². The number of rotatable bonds is 5. The van der Waals surface area contributed by atoms with Gasteiger partial charge in [0.05, 0.1) is 20.3 Å². The second-order valence-electron chi connectivity index (χ2n) is 5.06. The van der Waals surface area contributed by atoms with Crippen molar-refractivity contribution < 1.29 is 19.4 Å². The average molecular weight is 279 g/mol. The van der Waals surface area contributed by atoms with E-state index < -0.39 is 0 Å². The number of hydrogen-bond acceptors (Lipinski definition) is 5. The molecule has 1 heterocycles. The number of nitrogens with one attached hydrogen (secondary N) is 1. The number of carbonyl (C=O) groups is 1. The highest BCUT2D eigenvalue weighted by Gasteiger charge is 2.28. The molecule has 1 saturated heterocycles. The SMILES string of the molecule is COc1ccc([C@@H]2C[C@@H](O)C[C@@H](CC=O)N2)cc1OC. The summed E-state index contributed by atoms with van der Waals surface area (Å²) in [6, 6.07) is 5.76. The van der Waals surface area contributed by atoms with Gasteiger partial charge in [0, 0.05) is 18.5 Å². The van der Waals surface area contributed by atoms with Crippen LogP contribution in [0.2, 0.25) is 0 Å². The van der Waals surface area contributed by atoms with Crippen LogP contribution in [-0.4, -0.2) is 37.8 Å². The van der Waals surface area contributed by atoms with Crippen molar-refractivity contribution in [2.75, 3.05) is 14.2 Å². The summed E-state index contributed by atoms with van der Waals surface area (Å²) < 4.78 is 10.5. The van der Waals surface area contributed by atoms with Crippen LogP contribution in [0.5, 0.6) is 11.5 Å². The fraction of sp³-hybridized carbons (Fsp3) is 0.533. The molecule has 0 saturated carbocycles. The Kier molecular flexibility index (Phi) is 4.98. The van der Waals surface area contributed by atoms with Crippen molar-refractivity contribution in [3.63, 3.8) is 0 Å². The fourth-order valence-electron chi connectivity index (χ4n) is 2.70. The van der Waals surface area contributed by atoms with Gasteiger partial charge in [0.25, 0.3) is 0 Å². The molecule has 1 aromatic carbocycles. The molecule has 1 aromatic rings. The molecule has 2 N–H and O–H groups in total. The lowest BCUT2D eigenvalue weighted by Gasteiger charge is -2.33. The Morgan fingerprint density at radius 1 is 1.30 bits per heavy atom. The van der Waals surface area contributed by atoms with E-state index in [-0.39, 0.29) is 18.2 Å². The Labute approximate surface area is 118 Å². The predicted molar refractivity (Wildman–Crippen MR) is 75.1 cm³/mol. The number of hydrogen-bond donors (Lipinski definition) is 2. The number of methoxy groups -OCH3 is 2. The molecule has 1 fully saturated rings. The number of piperidine rings is 1. The first-order valence-electron chi connectivity index (χ1n) is 6.77. The fourth-order valence-corrected chi connectivity index (χ4v) is 2.70. The highest BCUT2D eigenvalue weighted by Crippen LogP contribution is 2.33. The molecular weight excluding hydrogens is 258 g/mol. The van der Waals surface area contributed by atoms with E-state index in [9.17, 15) is 9.90 Å². The summed E-state index contributed by atoms with van der Waals surface area (Å²) in [6.07, 6.45) is 2.16. The Balaban J connectivity index is 2.19. The molecule has 1 aliphatic rings. The number of benzene rings is 1. The molecule has 3 atom stereocenters. The van der Waals surface area contributed by atoms with Crippen LogP contribution in [0.15, 0.2) is 18.2 Å². The predicted octanol–water partition coefficient (Wildman–Crippen LogP) is 1.45. The van der Waals surface area contributed by atoms with Crippen molar-refractivity contribution in [1.29, 1.82) is 0 Å². The number of aliphatic hydroxyl groups excluding tert-OH is 1. The largest absolute Gasteiger partial charge is 0.493 e. The molecule has 0 aliphatic carbocycles. The molecule has 2 rings (SSSR count). The minimum Gasteiger partial charge on any atom is -0.493 e. The molecule has 1 aliphatic heterocycles. The van der Waals surface area contributed by atoms with Crippen molar-refractivity contribution in [2.24, 2.45) is 0 Å². The van der Waals surface area contributed by atoms with Crippen LogP contribution in [0.4, 0.5) is 0 Å². The lowest BCUT2D eigenvalue weighted by atomic mass is 9.90. The number of aldehydes is 1. The van der Waals surface area contributed by atoms with E-state index in [1.165, 1.54) is 0 Å². The van der Waals surface area contributed by atoms with Crippen LogP contribution in [-0.2, 0) is 4.79 Å². The molecular formula is C15H21NO4. The number of ether oxygens (including phenoxy) is 2. The van der Waals surface area contributed by atoms with Crippen LogP contribution in [0.3, 0.4) is 0 Å². The minimum atomic E-state index is -0.390. The quantitative estimate of drug-likeness (QED) is 0.798. The minimum absolute atomic E-state index is 0.0171. The molecule has 0 radical (unpaired) electrons. The van der Waals surface area contributed by atoms with Crippen molar-refractivity contribution in [2.45, 2.75) is 37.5 Å². The maximum atomic E-state index is 10.6. The maximum absolute atomic E-state index is 10.6. The Bertz CT molecular complexity index is 463. The third-order valence-electron chi connectivity index (χ3n) is 3.69. The van der Waals surface area contributed by atoms with Crippen LogP contribution in [0.25, 0.3) is 0 Å². The van der Waals surface area contributed by atoms with E-state index in [2.05, 4.69) is 5.32 Å². The van der Waals surface area contributed by atoms with Gasteiger partial charge in [0.15, 0.2) is 11.5 Å². The lowest BCUT2D eigenvalue weighted by Crippen LogP contribution is -2.42. The van der Waals surface area contributed by atoms with Crippen molar-refractivity contribution in [3.8, 4) is 11.5 Å². The summed E-state index contributed by atoms with van der Waals surface area (Å²) >= 11 is 0. The van der Waals surface area contributed by atoms with Gasteiger partial charge in [-0.1, -0.05) is 6.07 Å². The van der Waals surface area contributed by atoms with Gasteiger partial charge < -0.3 is 24.7 Å². The first-order chi connectivity index (χ1) is 9.67. The number of carbonyl (C=O) groups excluding carboxylic acids is 1. The highest BCUT2D eigenvalue weighted by atomic mass is 16.5. The third-order valence-corrected chi connectivity index (χ3v) is 3.69. The standard InChI is InChI=1S/C15H21NO4/c1-19-14-4-3-10(7-15(14)20-2)13-9-12(18)8-11(16-13)5-6-17/h3-4,6-7,11-13,16,18H,5,8-9H2,1-2H3/t11-,12+,13+/m1/s1. The summed E-state index contributed by atoms with van der Waals surface area (Å²) in [6.45, 7) is 0. The molecule has 20 heavy (non-hydrogen) atoms. The monoisotopic (exact) mass is 279 g/mol. The van der Waals surface area contributed by atoms with Gasteiger partial charge in [-0.2, -0.15) is 0 Å². The van der Waals surface area contributed by atoms with Crippen LogP contribution in [0.1, 0.15) is 30.9 Å². The molecule has 0 spiro atoms. The maximum Gasteiger partial charge on any atom is 0.161 e. The average Bonchev–Trinajstić information content (AvgIpc) is 2.46. The van der Waals surface area contributed by atoms with E-state index >= 15 is 0 Å². The molecule has 5 nitrogen and oxygen atoms in total. The van der Waals surface area contributed by atoms with Gasteiger partial charge >= 0.3 is 0 Å². The Morgan fingerprint density at radius 2 is 2.05 bits per heavy atom. The molecule has 0 aromatic heterocycles. The first-order valence-corrected chi connectivity index (χ1v) is 6.77. The summed E-state index contributed by atoms with van der Waals surface area (Å²) in [7, 11) is 3.19. The van der Waals surface area contributed by atoms with E-state index in [4.69, 9.17) is 9.47 Å². The van der Waals surface area contributed by atoms with Crippen LogP contribution < -0.4 is 14.8 Å².